The van der Waals surface area contributed by atoms with Gasteiger partial charge in [-0.1, -0.05) is 46.4 Å². The fourth-order valence-electron chi connectivity index (χ4n) is 2.34. The standard InChI is InChI=1S/C15H31N3S/c1-6-18(7-2)10-8-9-16-14-17-12-13(19-14)11-15(3,4)5/h13H,6-12H2,1-5H3,(H,16,17). The highest BCUT2D eigenvalue weighted by Crippen LogP contribution is 2.31. The smallest absolute Gasteiger partial charge is 0.156 e. The molecule has 4 heteroatoms. The molecule has 0 saturated heterocycles. The van der Waals surface area contributed by atoms with Crippen LogP contribution in [0, 0.1) is 5.41 Å². The Kier molecular flexibility index (Phi) is 7.22. The van der Waals surface area contributed by atoms with Crippen LogP contribution in [0.5, 0.6) is 0 Å². The van der Waals surface area contributed by atoms with E-state index in [1.54, 1.807) is 0 Å². The van der Waals surface area contributed by atoms with Gasteiger partial charge in [-0.3, -0.25) is 4.99 Å². The molecule has 0 saturated carbocycles. The molecule has 1 N–H and O–H groups in total. The van der Waals surface area contributed by atoms with Crippen molar-refractivity contribution in [3.63, 3.8) is 0 Å². The number of nitrogens with zero attached hydrogens (tertiary/aromatic N) is 2. The predicted molar refractivity (Wildman–Crippen MR) is 88.2 cm³/mol. The second-order valence-corrected chi connectivity index (χ2v) is 7.75. The van der Waals surface area contributed by atoms with Crippen LogP contribution >= 0.6 is 11.8 Å². The van der Waals surface area contributed by atoms with Crippen molar-refractivity contribution in [1.29, 1.82) is 0 Å². The molecule has 1 heterocycles. The van der Waals surface area contributed by atoms with E-state index in [4.69, 9.17) is 0 Å². The molecule has 0 amide bonds. The van der Waals surface area contributed by atoms with Gasteiger partial charge < -0.3 is 10.2 Å². The summed E-state index contributed by atoms with van der Waals surface area (Å²) in [5.41, 5.74) is 0.408. The number of nitrogens with one attached hydrogen (secondary N) is 1. The van der Waals surface area contributed by atoms with Gasteiger partial charge in [0.05, 0.1) is 6.54 Å². The molecule has 0 spiro atoms. The van der Waals surface area contributed by atoms with Crippen molar-refractivity contribution in [2.24, 2.45) is 10.4 Å². The highest BCUT2D eigenvalue weighted by atomic mass is 32.2. The molecule has 0 bridgehead atoms. The monoisotopic (exact) mass is 285 g/mol. The van der Waals surface area contributed by atoms with Gasteiger partial charge in [-0.2, -0.15) is 0 Å². The molecule has 1 aliphatic heterocycles. The van der Waals surface area contributed by atoms with Crippen LogP contribution in [-0.4, -0.2) is 48.0 Å². The number of rotatable bonds is 7. The molecule has 0 fully saturated rings. The number of thioether (sulfide) groups is 1. The van der Waals surface area contributed by atoms with Crippen molar-refractivity contribution in [2.75, 3.05) is 32.7 Å². The van der Waals surface area contributed by atoms with E-state index < -0.39 is 0 Å². The topological polar surface area (TPSA) is 27.6 Å². The van der Waals surface area contributed by atoms with Crippen molar-refractivity contribution in [2.45, 2.75) is 52.7 Å². The zero-order valence-electron chi connectivity index (χ0n) is 13.3. The minimum Gasteiger partial charge on any atom is -0.365 e. The number of hydrogen-bond acceptors (Lipinski definition) is 4. The fourth-order valence-corrected chi connectivity index (χ4v) is 3.72. The predicted octanol–water partition coefficient (Wildman–Crippen LogP) is 3.22. The number of hydrogen-bond donors (Lipinski definition) is 1. The molecule has 1 unspecified atom stereocenters. The molecule has 3 nitrogen and oxygen atoms in total. The SMILES string of the molecule is CCN(CC)CCCNC1=NCC(CC(C)(C)C)S1. The van der Waals surface area contributed by atoms with Gasteiger partial charge in [0.1, 0.15) is 0 Å². The van der Waals surface area contributed by atoms with Crippen LogP contribution < -0.4 is 5.32 Å². The Labute approximate surface area is 123 Å². The molecular weight excluding hydrogens is 254 g/mol. The zero-order valence-corrected chi connectivity index (χ0v) is 14.1. The highest BCUT2D eigenvalue weighted by molar-refractivity contribution is 8.14. The summed E-state index contributed by atoms with van der Waals surface area (Å²) in [4.78, 5) is 7.08. The largest absolute Gasteiger partial charge is 0.365 e. The summed E-state index contributed by atoms with van der Waals surface area (Å²) in [6.45, 7) is 16.9. The maximum atomic E-state index is 4.61. The lowest BCUT2D eigenvalue weighted by atomic mass is 9.90. The second-order valence-electron chi connectivity index (χ2n) is 6.46. The Balaban J connectivity index is 2.12. The Morgan fingerprint density at radius 2 is 2.00 bits per heavy atom. The van der Waals surface area contributed by atoms with Crippen LogP contribution in [0.1, 0.15) is 47.5 Å². The molecule has 1 rings (SSSR count). The van der Waals surface area contributed by atoms with Crippen LogP contribution in [0.15, 0.2) is 4.99 Å². The lowest BCUT2D eigenvalue weighted by Crippen LogP contribution is -2.28. The quantitative estimate of drug-likeness (QED) is 0.728. The summed E-state index contributed by atoms with van der Waals surface area (Å²) in [5, 5.41) is 5.32. The van der Waals surface area contributed by atoms with Gasteiger partial charge in [-0.05, 0) is 37.9 Å². The number of aliphatic imine (C=N–C) groups is 1. The summed E-state index contributed by atoms with van der Waals surface area (Å²) in [6.07, 6.45) is 2.44. The third-order valence-corrected chi connectivity index (χ3v) is 4.52. The van der Waals surface area contributed by atoms with E-state index in [-0.39, 0.29) is 0 Å². The maximum Gasteiger partial charge on any atom is 0.156 e. The normalized spacial score (nSPS) is 19.9. The Morgan fingerprint density at radius 1 is 1.32 bits per heavy atom. The zero-order chi connectivity index (χ0) is 14.3. The Bertz CT molecular complexity index is 280. The molecule has 0 aromatic carbocycles. The Hall–Kier alpha value is -0.220. The van der Waals surface area contributed by atoms with Crippen molar-refractivity contribution in [1.82, 2.24) is 10.2 Å². The molecular formula is C15H31N3S. The number of amidine groups is 1. The van der Waals surface area contributed by atoms with E-state index >= 15 is 0 Å². The van der Waals surface area contributed by atoms with Crippen molar-refractivity contribution in [3.8, 4) is 0 Å². The molecule has 1 aliphatic rings. The van der Waals surface area contributed by atoms with Crippen LogP contribution in [0.2, 0.25) is 0 Å². The summed E-state index contributed by atoms with van der Waals surface area (Å²) < 4.78 is 0. The third-order valence-electron chi connectivity index (χ3n) is 3.38. The van der Waals surface area contributed by atoms with E-state index in [2.05, 4.69) is 49.8 Å². The average molecular weight is 286 g/mol. The lowest BCUT2D eigenvalue weighted by molar-refractivity contribution is 0.300. The first-order valence-electron chi connectivity index (χ1n) is 7.62. The van der Waals surface area contributed by atoms with E-state index in [1.165, 1.54) is 19.4 Å². The average Bonchev–Trinajstić information content (AvgIpc) is 2.74. The minimum atomic E-state index is 0.408. The maximum absolute atomic E-state index is 4.61. The molecule has 1 atom stereocenters. The lowest BCUT2D eigenvalue weighted by Gasteiger charge is -2.21. The Morgan fingerprint density at radius 3 is 2.58 bits per heavy atom. The van der Waals surface area contributed by atoms with Gasteiger partial charge in [0.2, 0.25) is 0 Å². The molecule has 0 aromatic heterocycles. The summed E-state index contributed by atoms with van der Waals surface area (Å²) in [7, 11) is 0. The first-order valence-corrected chi connectivity index (χ1v) is 8.50. The van der Waals surface area contributed by atoms with Crippen LogP contribution in [0.25, 0.3) is 0 Å². The summed E-state index contributed by atoms with van der Waals surface area (Å²) >= 11 is 1.93. The van der Waals surface area contributed by atoms with E-state index in [9.17, 15) is 0 Å². The van der Waals surface area contributed by atoms with Gasteiger partial charge in [0, 0.05) is 11.8 Å². The van der Waals surface area contributed by atoms with Gasteiger partial charge in [0.25, 0.3) is 0 Å². The van der Waals surface area contributed by atoms with Crippen molar-refractivity contribution in [3.05, 3.63) is 0 Å². The molecule has 0 radical (unpaired) electrons. The molecule has 19 heavy (non-hydrogen) atoms. The minimum absolute atomic E-state index is 0.408. The van der Waals surface area contributed by atoms with Gasteiger partial charge >= 0.3 is 0 Å². The fraction of sp³-hybridized carbons (Fsp3) is 0.933. The first-order chi connectivity index (χ1) is 8.94. The molecule has 112 valence electrons. The van der Waals surface area contributed by atoms with E-state index in [0.717, 1.165) is 31.3 Å². The summed E-state index contributed by atoms with van der Waals surface area (Å²) in [5.74, 6) is 0. The van der Waals surface area contributed by atoms with Gasteiger partial charge in [0.15, 0.2) is 5.17 Å². The van der Waals surface area contributed by atoms with Crippen LogP contribution in [0.4, 0.5) is 0 Å². The molecule has 0 aromatic rings. The molecule has 0 aliphatic carbocycles. The van der Waals surface area contributed by atoms with E-state index in [1.807, 2.05) is 11.8 Å². The van der Waals surface area contributed by atoms with Crippen molar-refractivity contribution < 1.29 is 0 Å². The summed E-state index contributed by atoms with van der Waals surface area (Å²) in [6, 6.07) is 0. The van der Waals surface area contributed by atoms with Gasteiger partial charge in [-0.25, -0.2) is 0 Å². The first kappa shape index (κ1) is 16.8. The highest BCUT2D eigenvalue weighted by Gasteiger charge is 2.24. The van der Waals surface area contributed by atoms with Crippen LogP contribution in [0.3, 0.4) is 0 Å². The van der Waals surface area contributed by atoms with Crippen LogP contribution in [-0.2, 0) is 0 Å². The van der Waals surface area contributed by atoms with E-state index in [0.29, 0.717) is 10.7 Å². The van der Waals surface area contributed by atoms with Gasteiger partial charge in [-0.15, -0.1) is 0 Å². The van der Waals surface area contributed by atoms with Crippen molar-refractivity contribution >= 4 is 16.9 Å². The second kappa shape index (κ2) is 8.15. The third kappa shape index (κ3) is 7.21.